The summed E-state index contributed by atoms with van der Waals surface area (Å²) in [6.45, 7) is 8.25. The first-order valence-corrected chi connectivity index (χ1v) is 8.16. The molecule has 0 aromatic carbocycles. The number of thioether (sulfide) groups is 1. The number of carbonyl (C=O) groups is 1. The van der Waals surface area contributed by atoms with Crippen LogP contribution in [0.5, 0.6) is 0 Å². The van der Waals surface area contributed by atoms with Crippen LogP contribution < -0.4 is 0 Å². The van der Waals surface area contributed by atoms with Gasteiger partial charge < -0.3 is 9.64 Å². The van der Waals surface area contributed by atoms with Gasteiger partial charge in [-0.1, -0.05) is 0 Å². The number of likely N-dealkylation sites (tertiary alicyclic amines) is 1. The van der Waals surface area contributed by atoms with Crippen LogP contribution in [-0.4, -0.2) is 47.5 Å². The van der Waals surface area contributed by atoms with Crippen LogP contribution in [-0.2, 0) is 4.74 Å². The van der Waals surface area contributed by atoms with Gasteiger partial charge in [-0.2, -0.15) is 0 Å². The SMILES string of the molecule is CSC1=NCCC12CCN(C(=O)OC(C)(C)C)CC2. The van der Waals surface area contributed by atoms with Gasteiger partial charge in [-0.25, -0.2) is 4.79 Å². The number of rotatable bonds is 0. The lowest BCUT2D eigenvalue weighted by atomic mass is 9.78. The zero-order chi connectivity index (χ0) is 14.1. The summed E-state index contributed by atoms with van der Waals surface area (Å²) >= 11 is 1.77. The molecule has 4 nitrogen and oxygen atoms in total. The zero-order valence-electron chi connectivity index (χ0n) is 12.4. The molecule has 0 saturated carbocycles. The van der Waals surface area contributed by atoms with Crippen molar-refractivity contribution in [3.63, 3.8) is 0 Å². The van der Waals surface area contributed by atoms with E-state index in [9.17, 15) is 4.79 Å². The van der Waals surface area contributed by atoms with Crippen molar-refractivity contribution in [1.29, 1.82) is 0 Å². The molecule has 1 saturated heterocycles. The van der Waals surface area contributed by atoms with Crippen LogP contribution in [0.2, 0.25) is 0 Å². The summed E-state index contributed by atoms with van der Waals surface area (Å²) in [5, 5.41) is 1.29. The second kappa shape index (κ2) is 5.35. The molecule has 0 N–H and O–H groups in total. The third-order valence-electron chi connectivity index (χ3n) is 3.87. The minimum atomic E-state index is -0.411. The van der Waals surface area contributed by atoms with Crippen molar-refractivity contribution in [3.8, 4) is 0 Å². The number of amides is 1. The van der Waals surface area contributed by atoms with Crippen LogP contribution in [0.25, 0.3) is 0 Å². The summed E-state index contributed by atoms with van der Waals surface area (Å²) in [4.78, 5) is 18.5. The summed E-state index contributed by atoms with van der Waals surface area (Å²) in [6.07, 6.45) is 5.11. The van der Waals surface area contributed by atoms with E-state index in [1.54, 1.807) is 11.8 Å². The summed E-state index contributed by atoms with van der Waals surface area (Å²) in [7, 11) is 0. The molecule has 1 fully saturated rings. The number of ether oxygens (including phenoxy) is 1. The Kier molecular flexibility index (Phi) is 4.14. The summed E-state index contributed by atoms with van der Waals surface area (Å²) in [5.74, 6) is 0. The third-order valence-corrected chi connectivity index (χ3v) is 4.81. The van der Waals surface area contributed by atoms with Crippen molar-refractivity contribution in [2.24, 2.45) is 10.4 Å². The van der Waals surface area contributed by atoms with Crippen LogP contribution in [0.15, 0.2) is 4.99 Å². The molecule has 0 aromatic heterocycles. The maximum absolute atomic E-state index is 12.0. The third kappa shape index (κ3) is 3.25. The highest BCUT2D eigenvalue weighted by Gasteiger charge is 2.42. The summed E-state index contributed by atoms with van der Waals surface area (Å²) < 4.78 is 5.43. The number of aliphatic imine (C=N–C) groups is 1. The van der Waals surface area contributed by atoms with E-state index in [2.05, 4.69) is 11.2 Å². The summed E-state index contributed by atoms with van der Waals surface area (Å²) in [5.41, 5.74) is -0.163. The number of hydrogen-bond acceptors (Lipinski definition) is 4. The van der Waals surface area contributed by atoms with Gasteiger partial charge >= 0.3 is 6.09 Å². The highest BCUT2D eigenvalue weighted by atomic mass is 32.2. The topological polar surface area (TPSA) is 41.9 Å². The Morgan fingerprint density at radius 3 is 2.47 bits per heavy atom. The van der Waals surface area contributed by atoms with Crippen molar-refractivity contribution in [1.82, 2.24) is 4.90 Å². The summed E-state index contributed by atoms with van der Waals surface area (Å²) in [6, 6.07) is 0. The smallest absolute Gasteiger partial charge is 0.410 e. The van der Waals surface area contributed by atoms with Gasteiger partial charge in [0.15, 0.2) is 0 Å². The van der Waals surface area contributed by atoms with Crippen molar-refractivity contribution >= 4 is 22.9 Å². The van der Waals surface area contributed by atoms with Crippen LogP contribution >= 0.6 is 11.8 Å². The Morgan fingerprint density at radius 2 is 1.95 bits per heavy atom. The molecule has 19 heavy (non-hydrogen) atoms. The molecule has 0 aliphatic carbocycles. The van der Waals surface area contributed by atoms with Gasteiger partial charge in [0.05, 0.1) is 5.04 Å². The maximum Gasteiger partial charge on any atom is 0.410 e. The van der Waals surface area contributed by atoms with Gasteiger partial charge in [-0.3, -0.25) is 4.99 Å². The van der Waals surface area contributed by atoms with Crippen LogP contribution in [0, 0.1) is 5.41 Å². The van der Waals surface area contributed by atoms with Gasteiger partial charge in [0, 0.05) is 25.0 Å². The van der Waals surface area contributed by atoms with Crippen molar-refractivity contribution in [2.75, 3.05) is 25.9 Å². The van der Waals surface area contributed by atoms with E-state index < -0.39 is 5.60 Å². The number of nitrogens with zero attached hydrogens (tertiary/aromatic N) is 2. The normalized spacial score (nSPS) is 22.5. The number of piperidine rings is 1. The average Bonchev–Trinajstić information content (AvgIpc) is 2.70. The fourth-order valence-corrected chi connectivity index (χ4v) is 3.79. The molecule has 2 aliphatic heterocycles. The fraction of sp³-hybridized carbons (Fsp3) is 0.857. The zero-order valence-corrected chi connectivity index (χ0v) is 13.2. The largest absolute Gasteiger partial charge is 0.444 e. The molecule has 1 spiro atoms. The monoisotopic (exact) mass is 284 g/mol. The molecule has 0 radical (unpaired) electrons. The molecule has 0 unspecified atom stereocenters. The second-order valence-electron chi connectivity index (χ2n) is 6.39. The Bertz CT molecular complexity index is 379. The van der Waals surface area contributed by atoms with Crippen molar-refractivity contribution in [3.05, 3.63) is 0 Å². The first-order chi connectivity index (χ1) is 8.86. The van der Waals surface area contributed by atoms with Gasteiger partial charge in [0.1, 0.15) is 5.60 Å². The van der Waals surface area contributed by atoms with E-state index in [1.165, 1.54) is 5.04 Å². The van der Waals surface area contributed by atoms with Gasteiger partial charge in [0.2, 0.25) is 0 Å². The van der Waals surface area contributed by atoms with E-state index in [4.69, 9.17) is 4.74 Å². The highest BCUT2D eigenvalue weighted by Crippen LogP contribution is 2.43. The van der Waals surface area contributed by atoms with E-state index in [-0.39, 0.29) is 11.5 Å². The standard InChI is InChI=1S/C14H24N2O2S/c1-13(2,3)18-12(17)16-9-6-14(7-10-16)5-8-15-11(14)19-4/h5-10H2,1-4H3. The Balaban J connectivity index is 1.93. The predicted molar refractivity (Wildman–Crippen MR) is 79.9 cm³/mol. The van der Waals surface area contributed by atoms with Gasteiger partial charge in [-0.15, -0.1) is 11.8 Å². The first kappa shape index (κ1) is 14.7. The van der Waals surface area contributed by atoms with Gasteiger partial charge in [-0.05, 0) is 46.3 Å². The first-order valence-electron chi connectivity index (χ1n) is 6.93. The number of hydrogen-bond donors (Lipinski definition) is 0. The average molecular weight is 284 g/mol. The van der Waals surface area contributed by atoms with Crippen LogP contribution in [0.1, 0.15) is 40.0 Å². The van der Waals surface area contributed by atoms with E-state index in [1.807, 2.05) is 25.7 Å². The Morgan fingerprint density at radius 1 is 1.32 bits per heavy atom. The molecule has 5 heteroatoms. The lowest BCUT2D eigenvalue weighted by molar-refractivity contribution is 0.0159. The Hall–Kier alpha value is -0.710. The predicted octanol–water partition coefficient (Wildman–Crippen LogP) is 3.17. The van der Waals surface area contributed by atoms with E-state index >= 15 is 0 Å². The molecular formula is C14H24N2O2S. The van der Waals surface area contributed by atoms with E-state index in [0.717, 1.165) is 38.9 Å². The van der Waals surface area contributed by atoms with Crippen molar-refractivity contribution < 1.29 is 9.53 Å². The molecule has 2 heterocycles. The minimum absolute atomic E-state index is 0.178. The lowest BCUT2D eigenvalue weighted by Crippen LogP contribution is -2.46. The Labute approximate surface area is 120 Å². The second-order valence-corrected chi connectivity index (χ2v) is 7.18. The highest BCUT2D eigenvalue weighted by molar-refractivity contribution is 8.13. The molecule has 2 rings (SSSR count). The molecule has 0 aromatic rings. The molecule has 2 aliphatic rings. The molecule has 0 atom stereocenters. The number of carbonyl (C=O) groups excluding carboxylic acids is 1. The molecular weight excluding hydrogens is 260 g/mol. The van der Waals surface area contributed by atoms with E-state index in [0.29, 0.717) is 0 Å². The quantitative estimate of drug-likeness (QED) is 0.686. The van der Waals surface area contributed by atoms with Crippen LogP contribution in [0.3, 0.4) is 0 Å². The minimum Gasteiger partial charge on any atom is -0.444 e. The van der Waals surface area contributed by atoms with Gasteiger partial charge in [0.25, 0.3) is 0 Å². The van der Waals surface area contributed by atoms with Crippen molar-refractivity contribution in [2.45, 2.75) is 45.6 Å². The molecule has 108 valence electrons. The fourth-order valence-electron chi connectivity index (χ4n) is 2.83. The lowest BCUT2D eigenvalue weighted by Gasteiger charge is -2.39. The van der Waals surface area contributed by atoms with Crippen LogP contribution in [0.4, 0.5) is 4.79 Å². The molecule has 0 bridgehead atoms. The molecule has 1 amide bonds. The maximum atomic E-state index is 12.0.